The number of rotatable bonds is 10. The summed E-state index contributed by atoms with van der Waals surface area (Å²) >= 11 is 7.52. The van der Waals surface area contributed by atoms with Gasteiger partial charge in [0, 0.05) is 16.5 Å². The largest absolute Gasteiger partial charge is 0.495 e. The number of thioether (sulfide) groups is 1. The quantitative estimate of drug-likeness (QED) is 0.204. The first kappa shape index (κ1) is 29.2. The van der Waals surface area contributed by atoms with Crippen molar-refractivity contribution in [2.45, 2.75) is 23.9 Å². The van der Waals surface area contributed by atoms with Crippen LogP contribution in [-0.4, -0.2) is 49.1 Å². The highest BCUT2D eigenvalue weighted by Crippen LogP contribution is 2.44. The summed E-state index contributed by atoms with van der Waals surface area (Å²) in [6, 6.07) is 17.8. The molecule has 4 aromatic rings. The molecular weight excluding hydrogens is 578 g/mol. The summed E-state index contributed by atoms with van der Waals surface area (Å²) in [4.78, 5) is 18.7. The molecule has 0 radical (unpaired) electrons. The van der Waals surface area contributed by atoms with Gasteiger partial charge in [0.05, 0.1) is 39.7 Å². The number of allylic oxidation sites excluding steroid dienone is 1. The lowest BCUT2D eigenvalue weighted by atomic mass is 9.94. The Kier molecular flexibility index (Phi) is 8.79. The third-order valence-electron chi connectivity index (χ3n) is 6.72. The topological polar surface area (TPSA) is 109 Å². The molecule has 12 heteroatoms. The first-order valence-corrected chi connectivity index (χ1v) is 14.3. The van der Waals surface area contributed by atoms with Crippen molar-refractivity contribution < 1.29 is 23.7 Å². The van der Waals surface area contributed by atoms with Gasteiger partial charge in [-0.1, -0.05) is 47.6 Å². The maximum Gasteiger partial charge on any atom is 0.255 e. The average molecular weight is 608 g/mol. The molecule has 2 N–H and O–H groups in total. The van der Waals surface area contributed by atoms with Crippen LogP contribution >= 0.6 is 23.4 Å². The number of carbonyl (C=O) groups is 1. The number of hydrogen-bond donors (Lipinski definition) is 2. The maximum atomic E-state index is 14.0. The van der Waals surface area contributed by atoms with E-state index in [0.29, 0.717) is 67.4 Å². The number of hydrogen-bond acceptors (Lipinski definition) is 9. The lowest BCUT2D eigenvalue weighted by molar-refractivity contribution is -0.113. The summed E-state index contributed by atoms with van der Waals surface area (Å²) in [7, 11) is 6.19. The molecule has 0 aliphatic carbocycles. The molecule has 1 amide bonds. The van der Waals surface area contributed by atoms with E-state index in [4.69, 9.17) is 40.6 Å². The van der Waals surface area contributed by atoms with E-state index in [1.165, 1.54) is 11.8 Å². The number of nitrogens with one attached hydrogen (secondary N) is 2. The number of benzene rings is 3. The van der Waals surface area contributed by atoms with Gasteiger partial charge in [-0.3, -0.25) is 4.79 Å². The number of nitrogens with zero attached hydrogens (tertiary/aromatic N) is 3. The van der Waals surface area contributed by atoms with Crippen LogP contribution in [0.5, 0.6) is 23.0 Å². The number of ether oxygens (including phenoxy) is 4. The lowest BCUT2D eigenvalue weighted by Gasteiger charge is -2.29. The van der Waals surface area contributed by atoms with Crippen LogP contribution in [0, 0.1) is 0 Å². The number of carbonyl (C=O) groups excluding carboxylic acids is 1. The Morgan fingerprint density at radius 1 is 0.976 bits per heavy atom. The number of fused-ring (bicyclic) bond motifs is 1. The van der Waals surface area contributed by atoms with E-state index in [1.807, 2.05) is 55.5 Å². The highest BCUT2D eigenvalue weighted by atomic mass is 35.5. The van der Waals surface area contributed by atoms with Crippen LogP contribution in [0.1, 0.15) is 24.1 Å². The highest BCUT2D eigenvalue weighted by Gasteiger charge is 2.36. The summed E-state index contributed by atoms with van der Waals surface area (Å²) in [6.45, 7) is 1.83. The molecular formula is C30H30ClN5O5S. The first-order chi connectivity index (χ1) is 20.4. The zero-order valence-corrected chi connectivity index (χ0v) is 25.3. The van der Waals surface area contributed by atoms with E-state index in [1.54, 1.807) is 45.3 Å². The van der Waals surface area contributed by atoms with Gasteiger partial charge in [-0.25, -0.2) is 4.68 Å². The summed E-state index contributed by atoms with van der Waals surface area (Å²) in [6.07, 6.45) is 0. The predicted molar refractivity (Wildman–Crippen MR) is 163 cm³/mol. The molecule has 1 aromatic heterocycles. The van der Waals surface area contributed by atoms with Gasteiger partial charge in [-0.15, -0.1) is 5.10 Å². The zero-order chi connectivity index (χ0) is 29.8. The zero-order valence-electron chi connectivity index (χ0n) is 23.7. The van der Waals surface area contributed by atoms with Crippen LogP contribution < -0.4 is 29.6 Å². The Balaban J connectivity index is 1.58. The smallest absolute Gasteiger partial charge is 0.255 e. The molecule has 5 rings (SSSR count). The molecule has 1 aliphatic heterocycles. The standard InChI is InChI=1S/C30H30ClN5O5S/c1-17-25(28(37)33-21-8-6-7-9-22(21)38-2)26(19-14-23(39-3)27(41-5)24(15-19)40-4)36-29(32-17)34-30(35-36)42-16-18-10-12-20(31)13-11-18/h6-15,26H,16H2,1-5H3,(H,33,37)(H,32,34,35)/t26-/m1/s1. The Bertz CT molecular complexity index is 1610. The summed E-state index contributed by atoms with van der Waals surface area (Å²) in [5.41, 5.74) is 3.36. The predicted octanol–water partition coefficient (Wildman–Crippen LogP) is 6.19. The van der Waals surface area contributed by atoms with E-state index in [-0.39, 0.29) is 5.91 Å². The fraction of sp³-hybridized carbons (Fsp3) is 0.233. The Hall–Kier alpha value is -4.35. The molecule has 218 valence electrons. The molecule has 0 spiro atoms. The molecule has 3 aromatic carbocycles. The number of halogens is 1. The number of amides is 1. The van der Waals surface area contributed by atoms with Crippen molar-refractivity contribution in [2.75, 3.05) is 39.1 Å². The van der Waals surface area contributed by atoms with E-state index in [2.05, 4.69) is 10.6 Å². The fourth-order valence-electron chi connectivity index (χ4n) is 4.72. The summed E-state index contributed by atoms with van der Waals surface area (Å²) < 4.78 is 24.0. The van der Waals surface area contributed by atoms with Crippen molar-refractivity contribution in [3.8, 4) is 23.0 Å². The van der Waals surface area contributed by atoms with E-state index >= 15 is 0 Å². The number of aromatic nitrogens is 3. The fourth-order valence-corrected chi connectivity index (χ4v) is 5.63. The van der Waals surface area contributed by atoms with Crippen molar-refractivity contribution in [1.82, 2.24) is 14.8 Å². The molecule has 0 saturated carbocycles. The minimum absolute atomic E-state index is 0.334. The van der Waals surface area contributed by atoms with Crippen molar-refractivity contribution in [2.24, 2.45) is 0 Å². The van der Waals surface area contributed by atoms with Gasteiger partial charge >= 0.3 is 0 Å². The van der Waals surface area contributed by atoms with Crippen LogP contribution in [0.3, 0.4) is 0 Å². The normalized spacial score (nSPS) is 14.1. The van der Waals surface area contributed by atoms with E-state index in [0.717, 1.165) is 5.56 Å². The molecule has 1 aliphatic rings. The second kappa shape index (κ2) is 12.7. The third-order valence-corrected chi connectivity index (χ3v) is 7.88. The molecule has 10 nitrogen and oxygen atoms in total. The minimum Gasteiger partial charge on any atom is -0.495 e. The van der Waals surface area contributed by atoms with Crippen molar-refractivity contribution in [1.29, 1.82) is 0 Å². The SMILES string of the molecule is COc1ccccc1NC(=O)C1=C(C)Nc2nc(SCc3ccc(Cl)cc3)nn2[C@@H]1c1cc(OC)c(OC)c(OC)c1. The monoisotopic (exact) mass is 607 g/mol. The van der Waals surface area contributed by atoms with E-state index < -0.39 is 6.04 Å². The second-order valence-corrected chi connectivity index (χ2v) is 10.6. The lowest BCUT2D eigenvalue weighted by Crippen LogP contribution is -2.31. The van der Waals surface area contributed by atoms with Crippen LogP contribution in [0.4, 0.5) is 11.6 Å². The summed E-state index contributed by atoms with van der Waals surface area (Å²) in [5.74, 6) is 2.69. The number of anilines is 2. The number of para-hydroxylation sites is 2. The number of methoxy groups -OCH3 is 4. The second-order valence-electron chi connectivity index (χ2n) is 9.26. The average Bonchev–Trinajstić information content (AvgIpc) is 3.41. The molecule has 0 unspecified atom stereocenters. The summed E-state index contributed by atoms with van der Waals surface area (Å²) in [5, 5.41) is 12.3. The van der Waals surface area contributed by atoms with E-state index in [9.17, 15) is 4.79 Å². The van der Waals surface area contributed by atoms with Gasteiger partial charge in [-0.05, 0) is 54.4 Å². The molecule has 42 heavy (non-hydrogen) atoms. The molecule has 0 bridgehead atoms. The van der Waals surface area contributed by atoms with Gasteiger partial charge < -0.3 is 29.6 Å². The van der Waals surface area contributed by atoms with Gasteiger partial charge in [0.1, 0.15) is 11.8 Å². The minimum atomic E-state index is -0.679. The highest BCUT2D eigenvalue weighted by molar-refractivity contribution is 7.98. The van der Waals surface area contributed by atoms with Crippen LogP contribution in [0.25, 0.3) is 0 Å². The van der Waals surface area contributed by atoms with Crippen molar-refractivity contribution >= 4 is 40.9 Å². The van der Waals surface area contributed by atoms with Gasteiger partial charge in [0.2, 0.25) is 16.9 Å². The van der Waals surface area contributed by atoms with Crippen LogP contribution in [-0.2, 0) is 10.5 Å². The Labute approximate surface area is 253 Å². The van der Waals surface area contributed by atoms with Crippen LogP contribution in [0.2, 0.25) is 5.02 Å². The molecule has 1 atom stereocenters. The maximum absolute atomic E-state index is 14.0. The third kappa shape index (κ3) is 5.83. The molecule has 0 fully saturated rings. The van der Waals surface area contributed by atoms with Crippen molar-refractivity contribution in [3.05, 3.63) is 88.1 Å². The molecule has 0 saturated heterocycles. The van der Waals surface area contributed by atoms with Gasteiger partial charge in [0.15, 0.2) is 11.5 Å². The first-order valence-electron chi connectivity index (χ1n) is 12.9. The van der Waals surface area contributed by atoms with Gasteiger partial charge in [0.25, 0.3) is 5.91 Å². The molecule has 2 heterocycles. The van der Waals surface area contributed by atoms with Gasteiger partial charge in [-0.2, -0.15) is 4.98 Å². The Morgan fingerprint density at radius 2 is 1.64 bits per heavy atom. The Morgan fingerprint density at radius 3 is 2.29 bits per heavy atom. The van der Waals surface area contributed by atoms with Crippen LogP contribution in [0.15, 0.2) is 77.1 Å². The van der Waals surface area contributed by atoms with Crippen molar-refractivity contribution in [3.63, 3.8) is 0 Å².